The maximum absolute atomic E-state index is 13.9. The highest BCUT2D eigenvalue weighted by Gasteiger charge is 2.28. The normalized spacial score (nSPS) is 17.3. The summed E-state index contributed by atoms with van der Waals surface area (Å²) >= 11 is 0. The van der Waals surface area contributed by atoms with Crippen LogP contribution in [0.1, 0.15) is 19.3 Å². The zero-order valence-corrected chi connectivity index (χ0v) is 16.1. The third kappa shape index (κ3) is 3.35. The molecule has 1 N–H and O–H groups in total. The molecule has 2 heterocycles. The van der Waals surface area contributed by atoms with Gasteiger partial charge in [-0.2, -0.15) is 0 Å². The van der Waals surface area contributed by atoms with Crippen molar-refractivity contribution in [1.82, 2.24) is 9.78 Å². The van der Waals surface area contributed by atoms with Gasteiger partial charge in [0, 0.05) is 19.0 Å². The number of halogens is 1. The Balaban J connectivity index is 1.64. The molecule has 0 spiro atoms. The number of ether oxygens (including phenoxy) is 1. The predicted molar refractivity (Wildman–Crippen MR) is 110 cm³/mol. The third-order valence-corrected chi connectivity index (χ3v) is 5.81. The van der Waals surface area contributed by atoms with Gasteiger partial charge in [0.05, 0.1) is 35.5 Å². The molecule has 5 rings (SSSR count). The minimum Gasteiger partial charge on any atom is -0.378 e. The van der Waals surface area contributed by atoms with Crippen LogP contribution in [0.3, 0.4) is 0 Å². The standard InChI is InChI=1S/C22H23FN4O2/c23-16-6-2-7-17(14-16)27-19-9-3-8-18(26-10-12-29-13-11-26)20(19)21(25-27)24-22(28)15-4-1-5-15/h2-3,6-9,14-15H,1,4-5,10-13H2,(H,24,25,28). The van der Waals surface area contributed by atoms with Crippen molar-refractivity contribution in [3.63, 3.8) is 0 Å². The Kier molecular flexibility index (Phi) is 4.67. The molecule has 1 saturated carbocycles. The van der Waals surface area contributed by atoms with E-state index >= 15 is 0 Å². The fraction of sp³-hybridized carbons (Fsp3) is 0.364. The fourth-order valence-electron chi connectivity index (χ4n) is 4.00. The van der Waals surface area contributed by atoms with Gasteiger partial charge in [-0.1, -0.05) is 18.6 Å². The van der Waals surface area contributed by atoms with Crippen molar-refractivity contribution < 1.29 is 13.9 Å². The molecule has 1 amide bonds. The minimum atomic E-state index is -0.324. The van der Waals surface area contributed by atoms with Crippen molar-refractivity contribution in [2.24, 2.45) is 5.92 Å². The van der Waals surface area contributed by atoms with Gasteiger partial charge in [0.15, 0.2) is 5.82 Å². The molecule has 1 aliphatic heterocycles. The van der Waals surface area contributed by atoms with E-state index in [4.69, 9.17) is 9.84 Å². The average molecular weight is 394 g/mol. The van der Waals surface area contributed by atoms with Crippen LogP contribution in [0, 0.1) is 11.7 Å². The molecule has 6 nitrogen and oxygen atoms in total. The van der Waals surface area contributed by atoms with Crippen LogP contribution >= 0.6 is 0 Å². The molecular weight excluding hydrogens is 371 g/mol. The van der Waals surface area contributed by atoms with Crippen LogP contribution in [-0.4, -0.2) is 42.0 Å². The third-order valence-electron chi connectivity index (χ3n) is 5.81. The fourth-order valence-corrected chi connectivity index (χ4v) is 4.00. The van der Waals surface area contributed by atoms with E-state index in [9.17, 15) is 9.18 Å². The van der Waals surface area contributed by atoms with Crippen LogP contribution in [0.15, 0.2) is 42.5 Å². The number of amides is 1. The number of nitrogens with one attached hydrogen (secondary N) is 1. The van der Waals surface area contributed by atoms with Crippen molar-refractivity contribution in [2.45, 2.75) is 19.3 Å². The number of nitrogens with zero attached hydrogens (tertiary/aromatic N) is 3. The smallest absolute Gasteiger partial charge is 0.228 e. The Bertz CT molecular complexity index is 1050. The number of hydrogen-bond donors (Lipinski definition) is 1. The maximum atomic E-state index is 13.9. The van der Waals surface area contributed by atoms with E-state index in [0.29, 0.717) is 24.7 Å². The van der Waals surface area contributed by atoms with Crippen molar-refractivity contribution in [2.75, 3.05) is 36.5 Å². The van der Waals surface area contributed by atoms with Crippen LogP contribution < -0.4 is 10.2 Å². The first-order valence-corrected chi connectivity index (χ1v) is 10.1. The monoisotopic (exact) mass is 394 g/mol. The van der Waals surface area contributed by atoms with Crippen molar-refractivity contribution in [3.05, 3.63) is 48.3 Å². The SMILES string of the molecule is O=C(Nc1nn(-c2cccc(F)c2)c2cccc(N3CCOCC3)c12)C1CCC1. The average Bonchev–Trinajstić information content (AvgIpc) is 3.06. The highest BCUT2D eigenvalue weighted by Crippen LogP contribution is 2.36. The molecule has 2 aliphatic rings. The Morgan fingerprint density at radius 3 is 2.66 bits per heavy atom. The first-order valence-electron chi connectivity index (χ1n) is 10.1. The summed E-state index contributed by atoms with van der Waals surface area (Å²) in [5.41, 5.74) is 2.47. The van der Waals surface area contributed by atoms with Crippen LogP contribution in [0.25, 0.3) is 16.6 Å². The largest absolute Gasteiger partial charge is 0.378 e. The van der Waals surface area contributed by atoms with Crippen LogP contribution in [-0.2, 0) is 9.53 Å². The number of hydrogen-bond acceptors (Lipinski definition) is 4. The number of anilines is 2. The molecule has 1 aromatic heterocycles. The molecule has 2 aromatic carbocycles. The summed E-state index contributed by atoms with van der Waals surface area (Å²) in [5, 5.41) is 8.63. The molecule has 0 atom stereocenters. The molecule has 0 bridgehead atoms. The summed E-state index contributed by atoms with van der Waals surface area (Å²) in [6.45, 7) is 2.89. The Labute approximate surface area is 168 Å². The van der Waals surface area contributed by atoms with Gasteiger partial charge in [0.1, 0.15) is 5.82 Å². The van der Waals surface area contributed by atoms with E-state index in [1.807, 2.05) is 24.3 Å². The molecule has 2 fully saturated rings. The first kappa shape index (κ1) is 18.1. The van der Waals surface area contributed by atoms with Gasteiger partial charge in [0.25, 0.3) is 0 Å². The maximum Gasteiger partial charge on any atom is 0.228 e. The summed E-state index contributed by atoms with van der Waals surface area (Å²) < 4.78 is 21.1. The van der Waals surface area contributed by atoms with Crippen LogP contribution in [0.4, 0.5) is 15.9 Å². The second-order valence-electron chi connectivity index (χ2n) is 7.63. The molecule has 1 saturated heterocycles. The zero-order chi connectivity index (χ0) is 19.8. The quantitative estimate of drug-likeness (QED) is 0.732. The minimum absolute atomic E-state index is 0.0128. The van der Waals surface area contributed by atoms with E-state index in [0.717, 1.165) is 48.9 Å². The number of aromatic nitrogens is 2. The predicted octanol–water partition coefficient (Wildman–Crippen LogP) is 3.74. The second-order valence-corrected chi connectivity index (χ2v) is 7.63. The zero-order valence-electron chi connectivity index (χ0n) is 16.1. The summed E-state index contributed by atoms with van der Waals surface area (Å²) in [7, 11) is 0. The molecule has 150 valence electrons. The Hall–Kier alpha value is -2.93. The lowest BCUT2D eigenvalue weighted by Crippen LogP contribution is -2.36. The lowest BCUT2D eigenvalue weighted by atomic mass is 9.85. The van der Waals surface area contributed by atoms with Crippen molar-refractivity contribution in [3.8, 4) is 5.69 Å². The van der Waals surface area contributed by atoms with E-state index in [1.165, 1.54) is 12.1 Å². The van der Waals surface area contributed by atoms with Gasteiger partial charge in [-0.25, -0.2) is 9.07 Å². The van der Waals surface area contributed by atoms with E-state index < -0.39 is 0 Å². The molecule has 3 aromatic rings. The number of morpholine rings is 1. The van der Waals surface area contributed by atoms with Crippen molar-refractivity contribution >= 4 is 28.3 Å². The Morgan fingerprint density at radius 1 is 1.14 bits per heavy atom. The van der Waals surface area contributed by atoms with Gasteiger partial charge in [-0.15, -0.1) is 5.10 Å². The summed E-state index contributed by atoms with van der Waals surface area (Å²) in [6.07, 6.45) is 2.94. The van der Waals surface area contributed by atoms with Gasteiger partial charge < -0.3 is 15.0 Å². The Morgan fingerprint density at radius 2 is 1.93 bits per heavy atom. The van der Waals surface area contributed by atoms with E-state index in [1.54, 1.807) is 10.7 Å². The summed E-state index contributed by atoms with van der Waals surface area (Å²) in [5.74, 6) is 0.275. The van der Waals surface area contributed by atoms with E-state index in [2.05, 4.69) is 10.2 Å². The highest BCUT2D eigenvalue weighted by atomic mass is 19.1. The summed E-state index contributed by atoms with van der Waals surface area (Å²) in [4.78, 5) is 14.9. The first-order chi connectivity index (χ1) is 14.2. The van der Waals surface area contributed by atoms with Gasteiger partial charge in [-0.3, -0.25) is 4.79 Å². The van der Waals surface area contributed by atoms with Crippen LogP contribution in [0.2, 0.25) is 0 Å². The van der Waals surface area contributed by atoms with Crippen molar-refractivity contribution in [1.29, 1.82) is 0 Å². The second kappa shape index (κ2) is 7.48. The van der Waals surface area contributed by atoms with E-state index in [-0.39, 0.29) is 17.6 Å². The molecule has 0 radical (unpaired) electrons. The van der Waals surface area contributed by atoms with Crippen LogP contribution in [0.5, 0.6) is 0 Å². The number of carbonyl (C=O) groups is 1. The molecule has 1 aliphatic carbocycles. The summed E-state index contributed by atoms with van der Waals surface area (Å²) in [6, 6.07) is 12.3. The molecular formula is C22H23FN4O2. The highest BCUT2D eigenvalue weighted by molar-refractivity contribution is 6.07. The number of rotatable bonds is 4. The van der Waals surface area contributed by atoms with Gasteiger partial charge in [0.2, 0.25) is 5.91 Å². The molecule has 29 heavy (non-hydrogen) atoms. The molecule has 7 heteroatoms. The van der Waals surface area contributed by atoms with Gasteiger partial charge >= 0.3 is 0 Å². The lowest BCUT2D eigenvalue weighted by Gasteiger charge is -2.29. The topological polar surface area (TPSA) is 59.4 Å². The molecule has 0 unspecified atom stereocenters. The lowest BCUT2D eigenvalue weighted by molar-refractivity contribution is -0.122. The number of carbonyl (C=O) groups excluding carboxylic acids is 1. The number of fused-ring (bicyclic) bond motifs is 1. The van der Waals surface area contributed by atoms with Gasteiger partial charge in [-0.05, 0) is 43.2 Å². The number of benzene rings is 2.